The number of ether oxygens (including phenoxy) is 3. The van der Waals surface area contributed by atoms with Crippen LogP contribution in [0.4, 0.5) is 10.7 Å². The number of nitrogens with one attached hydrogen (secondary N) is 1. The number of hydrogen-bond donors (Lipinski definition) is 3. The molecule has 0 saturated carbocycles. The number of anilines is 1. The first kappa shape index (κ1) is 48.9. The van der Waals surface area contributed by atoms with Gasteiger partial charge < -0.3 is 34.5 Å². The van der Waals surface area contributed by atoms with Crippen LogP contribution in [0.25, 0.3) is 33.5 Å². The van der Waals surface area contributed by atoms with E-state index in [1.54, 1.807) is 112 Å². The molecule has 358 valence electrons. The second kappa shape index (κ2) is 20.0. The predicted octanol–water partition coefficient (Wildman–Crippen LogP) is 6.39. The maximum atomic E-state index is 16.1. The van der Waals surface area contributed by atoms with Gasteiger partial charge in [-0.25, -0.2) is 31.3 Å². The monoisotopic (exact) mass is 966 g/mol. The van der Waals surface area contributed by atoms with Gasteiger partial charge in [0.25, 0.3) is 0 Å². The van der Waals surface area contributed by atoms with E-state index in [-0.39, 0.29) is 62.0 Å². The Labute approximate surface area is 395 Å². The largest absolute Gasteiger partial charge is 0.497 e. The number of sulfonamides is 2. The number of nitrogens with two attached hydrogens (primary N) is 1. The highest BCUT2D eigenvalue weighted by Gasteiger charge is 2.38. The number of aryl methyl sites for hydroxylation is 1. The molecule has 0 aliphatic heterocycles. The molecule has 0 bridgehead atoms. The van der Waals surface area contributed by atoms with E-state index in [9.17, 15) is 18.3 Å². The van der Waals surface area contributed by atoms with Crippen molar-refractivity contribution in [1.29, 1.82) is 0 Å². The lowest BCUT2D eigenvalue weighted by molar-refractivity contribution is 0.0998. The Morgan fingerprint density at radius 3 is 1.87 bits per heavy atom. The van der Waals surface area contributed by atoms with E-state index in [4.69, 9.17) is 25.0 Å². The van der Waals surface area contributed by atoms with Crippen LogP contribution in [0.15, 0.2) is 113 Å². The third-order valence-electron chi connectivity index (χ3n) is 11.3. The first-order valence-corrected chi connectivity index (χ1v) is 24.3. The molecule has 1 amide bonds. The second-order valence-corrected chi connectivity index (χ2v) is 20.4. The number of hydrogen-bond acceptors (Lipinski definition) is 13. The number of amides is 1. The molecule has 7 rings (SSSR count). The standard InChI is InChI=1S/C47H54N10O9S2/c1-47(2,3)56(46(58)59)27-9-26-49-67(60,61)40-25-24-37(38-10-8-11-39-42(38)50-45(48)54(39)4)41(44-51-53-57(52-44)30-33-16-22-36(66-7)23-17-33)43(40)68(62,63)55(28-31-12-18-34(64-5)19-13-31)29-32-14-20-35(65-6)21-15-32/h8,10-25,49H,9,26-30H2,1-7H3,(H2,48,50)(H,58,59). The zero-order valence-corrected chi connectivity index (χ0v) is 40.4. The Kier molecular flexibility index (Phi) is 14.4. The maximum absolute atomic E-state index is 16.1. The Hall–Kier alpha value is -7.07. The van der Waals surface area contributed by atoms with Gasteiger partial charge in [0.1, 0.15) is 27.0 Å². The summed E-state index contributed by atoms with van der Waals surface area (Å²) in [5, 5.41) is 23.4. The fourth-order valence-corrected chi connectivity index (χ4v) is 11.2. The average molecular weight is 967 g/mol. The molecule has 19 nitrogen and oxygen atoms in total. The topological polar surface area (TPSA) is 239 Å². The minimum absolute atomic E-state index is 0.00731. The van der Waals surface area contributed by atoms with Crippen molar-refractivity contribution in [2.24, 2.45) is 7.05 Å². The second-order valence-electron chi connectivity index (χ2n) is 16.8. The van der Waals surface area contributed by atoms with E-state index in [0.29, 0.717) is 45.0 Å². The molecule has 0 saturated heterocycles. The van der Waals surface area contributed by atoms with Gasteiger partial charge >= 0.3 is 6.09 Å². The summed E-state index contributed by atoms with van der Waals surface area (Å²) in [6.07, 6.45) is -1.10. The lowest BCUT2D eigenvalue weighted by Crippen LogP contribution is -2.46. The fraction of sp³-hybridized carbons (Fsp3) is 0.298. The van der Waals surface area contributed by atoms with Gasteiger partial charge in [-0.2, -0.15) is 9.10 Å². The van der Waals surface area contributed by atoms with Crippen LogP contribution in [-0.4, -0.2) is 107 Å². The fourth-order valence-electron chi connectivity index (χ4n) is 7.70. The van der Waals surface area contributed by atoms with Crippen LogP contribution < -0.4 is 24.7 Å². The summed E-state index contributed by atoms with van der Waals surface area (Å²) in [5.41, 5.74) is 8.98. The zero-order chi connectivity index (χ0) is 49.0. The summed E-state index contributed by atoms with van der Waals surface area (Å²) in [6.45, 7) is 4.65. The number of imidazole rings is 1. The first-order valence-electron chi connectivity index (χ1n) is 21.4. The average Bonchev–Trinajstić information content (AvgIpc) is 3.90. The summed E-state index contributed by atoms with van der Waals surface area (Å²) in [7, 11) is -3.35. The number of fused-ring (bicyclic) bond motifs is 1. The van der Waals surface area contributed by atoms with Crippen LogP contribution in [0.5, 0.6) is 17.2 Å². The van der Waals surface area contributed by atoms with E-state index in [2.05, 4.69) is 20.0 Å². The van der Waals surface area contributed by atoms with Crippen molar-refractivity contribution < 1.29 is 40.9 Å². The molecule has 4 N–H and O–H groups in total. The Balaban J connectivity index is 1.48. The lowest BCUT2D eigenvalue weighted by atomic mass is 9.98. The summed E-state index contributed by atoms with van der Waals surface area (Å²) >= 11 is 0. The van der Waals surface area contributed by atoms with Crippen LogP contribution in [-0.2, 0) is 46.7 Å². The van der Waals surface area contributed by atoms with Crippen LogP contribution in [0.3, 0.4) is 0 Å². The van der Waals surface area contributed by atoms with Crippen molar-refractivity contribution >= 4 is 43.1 Å². The van der Waals surface area contributed by atoms with Crippen LogP contribution in [0.1, 0.15) is 43.9 Å². The molecule has 2 aromatic heterocycles. The van der Waals surface area contributed by atoms with E-state index in [0.717, 1.165) is 5.56 Å². The number of para-hydroxylation sites is 1. The third kappa shape index (κ3) is 10.5. The summed E-state index contributed by atoms with van der Waals surface area (Å²) < 4.78 is 83.5. The molecule has 0 spiro atoms. The number of carbonyl (C=O) groups is 1. The number of aromatic nitrogens is 6. The van der Waals surface area contributed by atoms with Crippen molar-refractivity contribution in [2.45, 2.75) is 62.2 Å². The van der Waals surface area contributed by atoms with Crippen LogP contribution >= 0.6 is 0 Å². The zero-order valence-electron chi connectivity index (χ0n) is 38.7. The van der Waals surface area contributed by atoms with E-state index in [1.165, 1.54) is 40.4 Å². The number of carboxylic acid groups (broad SMARTS) is 1. The molecule has 21 heteroatoms. The third-order valence-corrected chi connectivity index (χ3v) is 14.8. The highest BCUT2D eigenvalue weighted by Crippen LogP contribution is 2.43. The van der Waals surface area contributed by atoms with Crippen molar-refractivity contribution in [2.75, 3.05) is 40.2 Å². The van der Waals surface area contributed by atoms with E-state index in [1.807, 2.05) is 18.2 Å². The molecule has 0 aliphatic carbocycles. The maximum Gasteiger partial charge on any atom is 0.407 e. The van der Waals surface area contributed by atoms with Gasteiger partial charge in [-0.3, -0.25) is 0 Å². The molecule has 0 unspecified atom stereocenters. The molecule has 0 aliphatic rings. The van der Waals surface area contributed by atoms with Crippen molar-refractivity contribution in [3.63, 3.8) is 0 Å². The Morgan fingerprint density at radius 1 is 0.779 bits per heavy atom. The SMILES string of the molecule is COc1ccc(CN(Cc2ccc(OC)cc2)S(=O)(=O)c2c(S(=O)(=O)NCCCN(C(=O)O)C(C)(C)C)ccc(-c3cccc4c3nc(N)n4C)c2-c2nnn(Cc3ccc(OC)cc3)n2)cc1. The molecular formula is C47H54N10O9S2. The molecule has 0 atom stereocenters. The minimum Gasteiger partial charge on any atom is -0.497 e. The number of benzene rings is 5. The Morgan fingerprint density at radius 2 is 1.34 bits per heavy atom. The van der Waals surface area contributed by atoms with Crippen LogP contribution in [0.2, 0.25) is 0 Å². The van der Waals surface area contributed by atoms with E-state index >= 15 is 8.42 Å². The molecule has 0 fully saturated rings. The predicted molar refractivity (Wildman–Crippen MR) is 256 cm³/mol. The number of methoxy groups -OCH3 is 3. The van der Waals surface area contributed by atoms with Gasteiger partial charge in [-0.15, -0.1) is 10.2 Å². The first-order chi connectivity index (χ1) is 32.3. The number of tetrazole rings is 1. The number of nitrogens with zero attached hydrogens (tertiary/aromatic N) is 8. The van der Waals surface area contributed by atoms with E-state index < -0.39 is 41.5 Å². The normalized spacial score (nSPS) is 12.1. The summed E-state index contributed by atoms with van der Waals surface area (Å²) in [5.74, 6) is 1.73. The quantitative estimate of drug-likeness (QED) is 0.0745. The molecule has 0 radical (unpaired) electrons. The van der Waals surface area contributed by atoms with Crippen molar-refractivity contribution in [3.8, 4) is 39.8 Å². The summed E-state index contributed by atoms with van der Waals surface area (Å²) in [6, 6.07) is 28.9. The molecule has 7 aromatic rings. The van der Waals surface area contributed by atoms with Gasteiger partial charge in [0.2, 0.25) is 31.8 Å². The Bertz CT molecular complexity index is 3090. The van der Waals surface area contributed by atoms with Crippen LogP contribution in [0, 0.1) is 0 Å². The smallest absolute Gasteiger partial charge is 0.407 e. The van der Waals surface area contributed by atoms with Gasteiger partial charge in [-0.1, -0.05) is 54.6 Å². The lowest BCUT2D eigenvalue weighted by Gasteiger charge is -2.33. The van der Waals surface area contributed by atoms with Gasteiger partial charge in [0, 0.05) is 44.3 Å². The molecule has 5 aromatic carbocycles. The number of rotatable bonds is 19. The highest BCUT2D eigenvalue weighted by atomic mass is 32.2. The molecular weight excluding hydrogens is 913 g/mol. The molecule has 2 heterocycles. The van der Waals surface area contributed by atoms with Gasteiger partial charge in [-0.05, 0) is 103 Å². The number of nitrogen functional groups attached to an aromatic ring is 1. The minimum atomic E-state index is -4.96. The highest BCUT2D eigenvalue weighted by molar-refractivity contribution is 7.92. The van der Waals surface area contributed by atoms with Crippen molar-refractivity contribution in [1.82, 2.24) is 43.7 Å². The van der Waals surface area contributed by atoms with Gasteiger partial charge in [0.15, 0.2) is 0 Å². The van der Waals surface area contributed by atoms with Crippen molar-refractivity contribution in [3.05, 3.63) is 120 Å². The summed E-state index contributed by atoms with van der Waals surface area (Å²) in [4.78, 5) is 18.0. The molecule has 68 heavy (non-hydrogen) atoms. The van der Waals surface area contributed by atoms with Gasteiger partial charge in [0.05, 0.1) is 44.5 Å².